The minimum atomic E-state index is -0.391. The molecule has 21 heavy (non-hydrogen) atoms. The number of hydrogen-bond donors (Lipinski definition) is 1. The number of para-hydroxylation sites is 1. The van der Waals surface area contributed by atoms with Crippen LogP contribution in [0.1, 0.15) is 42.7 Å². The Bertz CT molecular complexity index is 758. The van der Waals surface area contributed by atoms with Crippen LogP contribution in [0.4, 0.5) is 4.39 Å². The molecule has 0 amide bonds. The number of hydrogen-bond acceptors (Lipinski definition) is 2. The standard InChI is InChI=1S/C18H18FNO/c1-11(2)12-6-8-13(9-7-12)17(20)16-10-14-4-3-5-15(19)18(14)21-16/h3-11,17H,20H2,1-2H3. The van der Waals surface area contributed by atoms with Crippen LogP contribution in [0.2, 0.25) is 0 Å². The third-order valence-electron chi connectivity index (χ3n) is 3.78. The zero-order valence-corrected chi connectivity index (χ0v) is 12.1. The summed E-state index contributed by atoms with van der Waals surface area (Å²) >= 11 is 0. The van der Waals surface area contributed by atoms with Crippen molar-refractivity contribution in [1.29, 1.82) is 0 Å². The molecule has 0 bridgehead atoms. The number of rotatable bonds is 3. The maximum absolute atomic E-state index is 13.7. The fourth-order valence-electron chi connectivity index (χ4n) is 2.45. The van der Waals surface area contributed by atoms with Crippen LogP contribution in [-0.4, -0.2) is 0 Å². The van der Waals surface area contributed by atoms with Gasteiger partial charge in [0, 0.05) is 5.39 Å². The molecule has 0 saturated carbocycles. The minimum absolute atomic E-state index is 0.266. The molecule has 1 heterocycles. The van der Waals surface area contributed by atoms with Crippen LogP contribution >= 0.6 is 0 Å². The van der Waals surface area contributed by atoms with Gasteiger partial charge >= 0.3 is 0 Å². The van der Waals surface area contributed by atoms with Gasteiger partial charge in [-0.15, -0.1) is 0 Å². The van der Waals surface area contributed by atoms with Gasteiger partial charge in [0.1, 0.15) is 5.76 Å². The smallest absolute Gasteiger partial charge is 0.169 e. The number of benzene rings is 2. The zero-order valence-electron chi connectivity index (χ0n) is 12.1. The maximum Gasteiger partial charge on any atom is 0.169 e. The van der Waals surface area contributed by atoms with Crippen molar-refractivity contribution in [3.8, 4) is 0 Å². The summed E-state index contributed by atoms with van der Waals surface area (Å²) in [6, 6.07) is 14.4. The van der Waals surface area contributed by atoms with Crippen molar-refractivity contribution in [1.82, 2.24) is 0 Å². The second kappa shape index (κ2) is 5.34. The fourth-order valence-corrected chi connectivity index (χ4v) is 2.45. The lowest BCUT2D eigenvalue weighted by atomic mass is 9.98. The molecule has 2 N–H and O–H groups in total. The molecule has 1 unspecified atom stereocenters. The number of halogens is 1. The Labute approximate surface area is 123 Å². The molecular weight excluding hydrogens is 265 g/mol. The summed E-state index contributed by atoms with van der Waals surface area (Å²) in [5.74, 6) is 0.698. The molecule has 0 aliphatic heterocycles. The van der Waals surface area contributed by atoms with Crippen LogP contribution in [0.25, 0.3) is 11.0 Å². The van der Waals surface area contributed by atoms with Crippen LogP contribution in [0.15, 0.2) is 52.9 Å². The van der Waals surface area contributed by atoms with Gasteiger partial charge in [-0.25, -0.2) is 4.39 Å². The fraction of sp³-hybridized carbons (Fsp3) is 0.222. The number of fused-ring (bicyclic) bond motifs is 1. The Morgan fingerprint density at radius 2 is 1.67 bits per heavy atom. The summed E-state index contributed by atoms with van der Waals surface area (Å²) < 4.78 is 19.3. The molecule has 1 aromatic heterocycles. The van der Waals surface area contributed by atoms with Crippen molar-refractivity contribution in [3.05, 3.63) is 71.2 Å². The van der Waals surface area contributed by atoms with Crippen molar-refractivity contribution in [3.63, 3.8) is 0 Å². The molecule has 0 spiro atoms. The molecule has 3 aromatic rings. The van der Waals surface area contributed by atoms with E-state index < -0.39 is 6.04 Å². The van der Waals surface area contributed by atoms with Crippen molar-refractivity contribution in [2.24, 2.45) is 5.73 Å². The third-order valence-corrected chi connectivity index (χ3v) is 3.78. The van der Waals surface area contributed by atoms with Crippen molar-refractivity contribution >= 4 is 11.0 Å². The molecule has 2 aromatic carbocycles. The molecule has 108 valence electrons. The van der Waals surface area contributed by atoms with Gasteiger partial charge in [0.05, 0.1) is 6.04 Å². The van der Waals surface area contributed by atoms with Crippen LogP contribution in [0, 0.1) is 5.82 Å². The zero-order chi connectivity index (χ0) is 15.0. The first-order valence-corrected chi connectivity index (χ1v) is 7.09. The highest BCUT2D eigenvalue weighted by Gasteiger charge is 2.16. The topological polar surface area (TPSA) is 39.2 Å². The van der Waals surface area contributed by atoms with E-state index in [-0.39, 0.29) is 11.4 Å². The van der Waals surface area contributed by atoms with Gasteiger partial charge in [-0.2, -0.15) is 0 Å². The van der Waals surface area contributed by atoms with Gasteiger partial charge in [0.25, 0.3) is 0 Å². The van der Waals surface area contributed by atoms with E-state index in [0.717, 1.165) is 10.9 Å². The van der Waals surface area contributed by atoms with Gasteiger partial charge in [0.15, 0.2) is 11.4 Å². The van der Waals surface area contributed by atoms with Gasteiger partial charge in [-0.3, -0.25) is 0 Å². The monoisotopic (exact) mass is 283 g/mol. The van der Waals surface area contributed by atoms with Crippen LogP contribution in [0.5, 0.6) is 0 Å². The lowest BCUT2D eigenvalue weighted by molar-refractivity contribution is 0.502. The van der Waals surface area contributed by atoms with E-state index in [1.165, 1.54) is 11.6 Å². The molecule has 0 fully saturated rings. The summed E-state index contributed by atoms with van der Waals surface area (Å²) in [7, 11) is 0. The molecule has 0 saturated heterocycles. The van der Waals surface area contributed by atoms with Gasteiger partial charge in [-0.05, 0) is 29.2 Å². The molecule has 0 radical (unpaired) electrons. The van der Waals surface area contributed by atoms with E-state index in [2.05, 4.69) is 26.0 Å². The van der Waals surface area contributed by atoms with E-state index in [4.69, 9.17) is 10.2 Å². The van der Waals surface area contributed by atoms with Crippen LogP contribution < -0.4 is 5.73 Å². The highest BCUT2D eigenvalue weighted by Crippen LogP contribution is 2.28. The average molecular weight is 283 g/mol. The quantitative estimate of drug-likeness (QED) is 0.753. The highest BCUT2D eigenvalue weighted by atomic mass is 19.1. The molecule has 2 nitrogen and oxygen atoms in total. The summed E-state index contributed by atoms with van der Waals surface area (Å²) in [6.45, 7) is 4.30. The lowest BCUT2D eigenvalue weighted by Crippen LogP contribution is -2.10. The molecular formula is C18H18FNO. The van der Waals surface area contributed by atoms with E-state index in [0.29, 0.717) is 11.7 Å². The van der Waals surface area contributed by atoms with Crippen LogP contribution in [-0.2, 0) is 0 Å². The summed E-state index contributed by atoms with van der Waals surface area (Å²) in [5.41, 5.74) is 8.73. The highest BCUT2D eigenvalue weighted by molar-refractivity contribution is 5.78. The first-order chi connectivity index (χ1) is 10.1. The number of nitrogens with two attached hydrogens (primary N) is 1. The average Bonchev–Trinajstić information content (AvgIpc) is 2.92. The van der Waals surface area contributed by atoms with E-state index >= 15 is 0 Å². The minimum Gasteiger partial charge on any atom is -0.456 e. The molecule has 3 rings (SSSR count). The predicted octanol–water partition coefficient (Wildman–Crippen LogP) is 4.74. The Balaban J connectivity index is 1.96. The Hall–Kier alpha value is -2.13. The first kappa shape index (κ1) is 13.8. The largest absolute Gasteiger partial charge is 0.456 e. The third kappa shape index (κ3) is 2.57. The van der Waals surface area contributed by atoms with Gasteiger partial charge < -0.3 is 10.2 Å². The lowest BCUT2D eigenvalue weighted by Gasteiger charge is -2.11. The summed E-state index contributed by atoms with van der Waals surface area (Å²) in [5, 5.41) is 0.735. The summed E-state index contributed by atoms with van der Waals surface area (Å²) in [4.78, 5) is 0. The first-order valence-electron chi connectivity index (χ1n) is 7.09. The van der Waals surface area contributed by atoms with Gasteiger partial charge in [-0.1, -0.05) is 50.2 Å². The van der Waals surface area contributed by atoms with Gasteiger partial charge in [0.2, 0.25) is 0 Å². The maximum atomic E-state index is 13.7. The van der Waals surface area contributed by atoms with Crippen molar-refractivity contribution < 1.29 is 8.81 Å². The Morgan fingerprint density at radius 3 is 2.29 bits per heavy atom. The SMILES string of the molecule is CC(C)c1ccc(C(N)c2cc3cccc(F)c3o2)cc1. The second-order valence-corrected chi connectivity index (χ2v) is 5.61. The Kier molecular flexibility index (Phi) is 3.52. The second-order valence-electron chi connectivity index (χ2n) is 5.61. The Morgan fingerprint density at radius 1 is 1.00 bits per heavy atom. The summed E-state index contributed by atoms with van der Waals surface area (Å²) in [6.07, 6.45) is 0. The van der Waals surface area contributed by atoms with Crippen molar-refractivity contribution in [2.75, 3.05) is 0 Å². The number of furan rings is 1. The predicted molar refractivity (Wildman–Crippen MR) is 82.7 cm³/mol. The molecule has 0 aliphatic carbocycles. The van der Waals surface area contributed by atoms with Crippen molar-refractivity contribution in [2.45, 2.75) is 25.8 Å². The molecule has 0 aliphatic rings. The van der Waals surface area contributed by atoms with E-state index in [1.807, 2.05) is 18.2 Å². The van der Waals surface area contributed by atoms with E-state index in [9.17, 15) is 4.39 Å². The van der Waals surface area contributed by atoms with E-state index in [1.54, 1.807) is 12.1 Å². The van der Waals surface area contributed by atoms with Crippen LogP contribution in [0.3, 0.4) is 0 Å². The molecule has 3 heteroatoms. The molecule has 1 atom stereocenters. The normalized spacial score (nSPS) is 13.0.